The number of pyridine rings is 1. The highest BCUT2D eigenvalue weighted by molar-refractivity contribution is 6.04. The number of aryl methyl sites for hydroxylation is 1. The Hall–Kier alpha value is -4.22. The molecule has 0 unspecified atom stereocenters. The molecule has 1 aromatic carbocycles. The quantitative estimate of drug-likeness (QED) is 0.422. The largest absolute Gasteiger partial charge is 0.389 e. The van der Waals surface area contributed by atoms with Crippen molar-refractivity contribution in [3.05, 3.63) is 65.9 Å². The number of anilines is 1. The Kier molecular flexibility index (Phi) is 6.30. The second-order valence-corrected chi connectivity index (χ2v) is 7.46. The van der Waals surface area contributed by atoms with Gasteiger partial charge in [-0.25, -0.2) is 4.98 Å². The van der Waals surface area contributed by atoms with E-state index in [9.17, 15) is 22.8 Å². The van der Waals surface area contributed by atoms with E-state index in [1.165, 1.54) is 6.20 Å². The molecule has 2 amide bonds. The number of aromatic nitrogens is 4. The molecule has 0 radical (unpaired) electrons. The molecule has 0 saturated carbocycles. The van der Waals surface area contributed by atoms with Gasteiger partial charge in [-0.3, -0.25) is 14.0 Å². The Morgan fingerprint density at radius 2 is 2.00 bits per heavy atom. The van der Waals surface area contributed by atoms with Crippen LogP contribution in [0.15, 0.2) is 53.3 Å². The minimum Gasteiger partial charge on any atom is -0.347 e. The summed E-state index contributed by atoms with van der Waals surface area (Å²) in [4.78, 5) is 32.8. The smallest absolute Gasteiger partial charge is 0.347 e. The van der Waals surface area contributed by atoms with Crippen LogP contribution in [0, 0.1) is 6.92 Å². The lowest BCUT2D eigenvalue weighted by Gasteiger charge is -2.09. The van der Waals surface area contributed by atoms with Crippen molar-refractivity contribution < 1.29 is 27.3 Å². The second-order valence-electron chi connectivity index (χ2n) is 7.46. The molecule has 0 aliphatic rings. The van der Waals surface area contributed by atoms with Crippen LogP contribution in [0.4, 0.5) is 18.9 Å². The third-order valence-electron chi connectivity index (χ3n) is 4.93. The van der Waals surface area contributed by atoms with Crippen molar-refractivity contribution >= 4 is 23.1 Å². The van der Waals surface area contributed by atoms with Gasteiger partial charge < -0.3 is 15.2 Å². The predicted molar refractivity (Wildman–Crippen MR) is 115 cm³/mol. The monoisotopic (exact) mass is 472 g/mol. The Balaban J connectivity index is 1.44. The molecule has 0 aliphatic heterocycles. The number of benzene rings is 1. The Bertz CT molecular complexity index is 1350. The maximum absolute atomic E-state index is 12.8. The Morgan fingerprint density at radius 3 is 2.79 bits per heavy atom. The van der Waals surface area contributed by atoms with Gasteiger partial charge in [-0.1, -0.05) is 23.4 Å². The fourth-order valence-corrected chi connectivity index (χ4v) is 3.14. The maximum atomic E-state index is 12.8. The zero-order chi connectivity index (χ0) is 24.3. The number of hydrogen-bond donors (Lipinski definition) is 2. The number of carbonyl (C=O) groups is 2. The third kappa shape index (κ3) is 5.39. The van der Waals surface area contributed by atoms with E-state index < -0.39 is 24.9 Å². The summed E-state index contributed by atoms with van der Waals surface area (Å²) >= 11 is 0. The molecule has 2 N–H and O–H groups in total. The van der Waals surface area contributed by atoms with E-state index in [2.05, 4.69) is 25.8 Å². The van der Waals surface area contributed by atoms with Crippen LogP contribution in [0.3, 0.4) is 0 Å². The van der Waals surface area contributed by atoms with E-state index in [0.717, 1.165) is 5.56 Å². The molecular weight excluding hydrogens is 453 g/mol. The molecule has 0 aliphatic carbocycles. The zero-order valence-corrected chi connectivity index (χ0v) is 17.9. The SMILES string of the molecule is Cc1ccc(-c2noc(CNC(=O)CCC(F)(F)F)n2)cc1NC(=O)c1cnc2ccccn12. The highest BCUT2D eigenvalue weighted by Crippen LogP contribution is 2.24. The number of rotatable bonds is 7. The average molecular weight is 472 g/mol. The fourth-order valence-electron chi connectivity index (χ4n) is 3.14. The van der Waals surface area contributed by atoms with Gasteiger partial charge in [0.05, 0.1) is 19.2 Å². The molecule has 0 spiro atoms. The molecule has 4 aromatic rings. The average Bonchev–Trinajstić information content (AvgIpc) is 3.44. The molecule has 4 rings (SSSR count). The van der Waals surface area contributed by atoms with E-state index in [1.807, 2.05) is 13.0 Å². The number of hydrogen-bond acceptors (Lipinski definition) is 6. The summed E-state index contributed by atoms with van der Waals surface area (Å²) in [6.45, 7) is 1.62. The minimum absolute atomic E-state index is 0.0345. The van der Waals surface area contributed by atoms with Crippen LogP contribution in [0.5, 0.6) is 0 Å². The number of alkyl halides is 3. The molecule has 12 heteroatoms. The Labute approximate surface area is 191 Å². The van der Waals surface area contributed by atoms with E-state index >= 15 is 0 Å². The second kappa shape index (κ2) is 9.33. The van der Waals surface area contributed by atoms with Crippen LogP contribution in [-0.4, -0.2) is 37.5 Å². The number of nitrogens with zero attached hydrogens (tertiary/aromatic N) is 4. The fraction of sp³-hybridized carbons (Fsp3) is 0.227. The summed E-state index contributed by atoms with van der Waals surface area (Å²) in [5.74, 6) is -0.892. The summed E-state index contributed by atoms with van der Waals surface area (Å²) in [5, 5.41) is 9.01. The van der Waals surface area contributed by atoms with Crippen LogP contribution in [0.25, 0.3) is 17.0 Å². The lowest BCUT2D eigenvalue weighted by atomic mass is 10.1. The zero-order valence-electron chi connectivity index (χ0n) is 17.9. The molecule has 0 bridgehead atoms. The van der Waals surface area contributed by atoms with Crippen LogP contribution in [0.2, 0.25) is 0 Å². The van der Waals surface area contributed by atoms with E-state index in [-0.39, 0.29) is 24.2 Å². The van der Waals surface area contributed by atoms with Gasteiger partial charge in [-0.15, -0.1) is 0 Å². The van der Waals surface area contributed by atoms with Gasteiger partial charge in [-0.05, 0) is 30.7 Å². The van der Waals surface area contributed by atoms with Crippen LogP contribution < -0.4 is 10.6 Å². The summed E-state index contributed by atoms with van der Waals surface area (Å²) in [6, 6.07) is 10.6. The first-order valence-electron chi connectivity index (χ1n) is 10.2. The van der Waals surface area contributed by atoms with Crippen molar-refractivity contribution in [2.24, 2.45) is 0 Å². The molecule has 0 fully saturated rings. The summed E-state index contributed by atoms with van der Waals surface area (Å²) in [6.07, 6.45) is -3.07. The summed E-state index contributed by atoms with van der Waals surface area (Å²) in [5.41, 5.74) is 2.87. The van der Waals surface area contributed by atoms with Gasteiger partial charge in [0.25, 0.3) is 5.91 Å². The third-order valence-corrected chi connectivity index (χ3v) is 4.93. The van der Waals surface area contributed by atoms with E-state index in [0.29, 0.717) is 22.6 Å². The highest BCUT2D eigenvalue weighted by atomic mass is 19.4. The summed E-state index contributed by atoms with van der Waals surface area (Å²) < 4.78 is 43.4. The molecule has 0 atom stereocenters. The van der Waals surface area contributed by atoms with E-state index in [1.54, 1.807) is 40.9 Å². The van der Waals surface area contributed by atoms with Gasteiger partial charge in [0.2, 0.25) is 17.6 Å². The molecule has 176 valence electrons. The van der Waals surface area contributed by atoms with Gasteiger partial charge in [0.1, 0.15) is 11.3 Å². The van der Waals surface area contributed by atoms with Crippen molar-refractivity contribution in [3.8, 4) is 11.4 Å². The number of carbonyl (C=O) groups excluding carboxylic acids is 2. The molecule has 3 heterocycles. The van der Waals surface area contributed by atoms with Crippen molar-refractivity contribution in [1.82, 2.24) is 24.8 Å². The predicted octanol–water partition coefficient (Wildman–Crippen LogP) is 3.90. The number of nitrogens with one attached hydrogen (secondary N) is 2. The first-order valence-corrected chi connectivity index (χ1v) is 10.2. The molecular formula is C22H19F3N6O3. The van der Waals surface area contributed by atoms with Crippen molar-refractivity contribution in [2.75, 3.05) is 5.32 Å². The van der Waals surface area contributed by atoms with Crippen molar-refractivity contribution in [2.45, 2.75) is 32.5 Å². The topological polar surface area (TPSA) is 114 Å². The highest BCUT2D eigenvalue weighted by Gasteiger charge is 2.28. The number of halogens is 3. The standard InChI is InChI=1S/C22H19F3N6O3/c1-13-5-6-14(20-29-19(34-30-20)12-27-18(32)7-8-22(23,24)25)10-15(13)28-21(33)16-11-26-17-4-2-3-9-31(16)17/h2-6,9-11H,7-8,12H2,1H3,(H,27,32)(H,28,33). The van der Waals surface area contributed by atoms with Crippen LogP contribution >= 0.6 is 0 Å². The van der Waals surface area contributed by atoms with Crippen LogP contribution in [0.1, 0.15) is 34.8 Å². The first-order chi connectivity index (χ1) is 16.2. The summed E-state index contributed by atoms with van der Waals surface area (Å²) in [7, 11) is 0. The van der Waals surface area contributed by atoms with Crippen molar-refractivity contribution in [3.63, 3.8) is 0 Å². The van der Waals surface area contributed by atoms with Crippen molar-refractivity contribution in [1.29, 1.82) is 0 Å². The van der Waals surface area contributed by atoms with Gasteiger partial charge >= 0.3 is 6.18 Å². The van der Waals surface area contributed by atoms with Gasteiger partial charge in [0, 0.05) is 23.9 Å². The molecule has 0 saturated heterocycles. The number of imidazole rings is 1. The number of amides is 2. The maximum Gasteiger partial charge on any atom is 0.389 e. The Morgan fingerprint density at radius 1 is 1.18 bits per heavy atom. The van der Waals surface area contributed by atoms with Gasteiger partial charge in [-0.2, -0.15) is 18.2 Å². The van der Waals surface area contributed by atoms with Crippen LogP contribution in [-0.2, 0) is 11.3 Å². The lowest BCUT2D eigenvalue weighted by molar-refractivity contribution is -0.144. The van der Waals surface area contributed by atoms with Gasteiger partial charge in [0.15, 0.2) is 0 Å². The van der Waals surface area contributed by atoms with E-state index in [4.69, 9.17) is 4.52 Å². The normalized spacial score (nSPS) is 11.5. The molecule has 9 nitrogen and oxygen atoms in total. The molecule has 3 aromatic heterocycles. The number of fused-ring (bicyclic) bond motifs is 1. The minimum atomic E-state index is -4.40. The molecule has 34 heavy (non-hydrogen) atoms. The lowest BCUT2D eigenvalue weighted by Crippen LogP contribution is -2.24. The first kappa shape index (κ1) is 23.0.